The Morgan fingerprint density at radius 2 is 2.12 bits per heavy atom. The maximum absolute atomic E-state index is 12.1. The van der Waals surface area contributed by atoms with Gasteiger partial charge in [0.25, 0.3) is 0 Å². The highest BCUT2D eigenvalue weighted by molar-refractivity contribution is 5.78. The number of amides is 1. The smallest absolute Gasteiger partial charge is 0.234 e. The first kappa shape index (κ1) is 18.7. The maximum Gasteiger partial charge on any atom is 0.234 e. The summed E-state index contributed by atoms with van der Waals surface area (Å²) < 4.78 is 5.80. The van der Waals surface area contributed by atoms with Crippen LogP contribution in [0, 0.1) is 13.8 Å². The Bertz CT molecular complexity index is 525. The number of nitrogens with zero attached hydrogens (tertiary/aromatic N) is 1. The van der Waals surface area contributed by atoms with E-state index in [1.54, 1.807) is 0 Å². The number of rotatable bonds is 8. The van der Waals surface area contributed by atoms with E-state index in [-0.39, 0.29) is 12.0 Å². The number of likely N-dealkylation sites (tertiary alicyclic amines) is 1. The number of carbonyl (C=O) groups excluding carboxylic acids is 1. The molecular formula is C19H30N2O3. The quantitative estimate of drug-likeness (QED) is 0.714. The van der Waals surface area contributed by atoms with E-state index >= 15 is 0 Å². The first-order valence-corrected chi connectivity index (χ1v) is 8.85. The van der Waals surface area contributed by atoms with Gasteiger partial charge in [-0.1, -0.05) is 18.2 Å². The van der Waals surface area contributed by atoms with Crippen LogP contribution in [0.2, 0.25) is 0 Å². The lowest BCUT2D eigenvalue weighted by atomic mass is 10.1. The van der Waals surface area contributed by atoms with Crippen molar-refractivity contribution in [2.45, 2.75) is 52.2 Å². The molecule has 1 aliphatic rings. The molecule has 0 radical (unpaired) electrons. The lowest BCUT2D eigenvalue weighted by Crippen LogP contribution is -2.41. The second-order valence-electron chi connectivity index (χ2n) is 6.77. The van der Waals surface area contributed by atoms with Crippen molar-refractivity contribution >= 4 is 5.91 Å². The van der Waals surface area contributed by atoms with Crippen LogP contribution in [0.4, 0.5) is 0 Å². The van der Waals surface area contributed by atoms with E-state index in [9.17, 15) is 9.90 Å². The van der Waals surface area contributed by atoms with Gasteiger partial charge in [-0.05, 0) is 57.7 Å². The number of benzene rings is 1. The minimum Gasteiger partial charge on any atom is -0.491 e. The molecule has 0 spiro atoms. The predicted octanol–water partition coefficient (Wildman–Crippen LogP) is 2.03. The van der Waals surface area contributed by atoms with E-state index in [4.69, 9.17) is 4.74 Å². The molecule has 0 bridgehead atoms. The van der Waals surface area contributed by atoms with E-state index in [0.717, 1.165) is 42.7 Å². The molecule has 2 atom stereocenters. The number of nitrogens with one attached hydrogen (secondary N) is 1. The van der Waals surface area contributed by atoms with Crippen molar-refractivity contribution in [3.8, 4) is 5.75 Å². The van der Waals surface area contributed by atoms with Crippen molar-refractivity contribution in [1.82, 2.24) is 10.2 Å². The molecule has 24 heavy (non-hydrogen) atoms. The lowest BCUT2D eigenvalue weighted by molar-refractivity contribution is -0.122. The van der Waals surface area contributed by atoms with Crippen molar-refractivity contribution in [2.75, 3.05) is 26.2 Å². The van der Waals surface area contributed by atoms with E-state index in [1.165, 1.54) is 0 Å². The van der Waals surface area contributed by atoms with Crippen LogP contribution < -0.4 is 10.1 Å². The third-order valence-corrected chi connectivity index (χ3v) is 4.54. The highest BCUT2D eigenvalue weighted by atomic mass is 16.5. The summed E-state index contributed by atoms with van der Waals surface area (Å²) in [5, 5.41) is 12.5. The number of hydrogen-bond donors (Lipinski definition) is 2. The van der Waals surface area contributed by atoms with Gasteiger partial charge in [0.15, 0.2) is 0 Å². The SMILES string of the molecule is Cc1cccc(C)c1OCCNC(=O)CN1CCCC1CC(C)O. The number of aryl methyl sites for hydroxylation is 2. The van der Waals surface area contributed by atoms with Crippen LogP contribution in [-0.4, -0.2) is 54.3 Å². The molecule has 2 N–H and O–H groups in total. The molecule has 1 amide bonds. The van der Waals surface area contributed by atoms with Crippen molar-refractivity contribution < 1.29 is 14.6 Å². The van der Waals surface area contributed by atoms with Gasteiger partial charge in [-0.2, -0.15) is 0 Å². The second kappa shape index (κ2) is 9.04. The third-order valence-electron chi connectivity index (χ3n) is 4.54. The highest BCUT2D eigenvalue weighted by Crippen LogP contribution is 2.22. The van der Waals surface area contributed by atoms with Crippen molar-refractivity contribution in [3.05, 3.63) is 29.3 Å². The van der Waals surface area contributed by atoms with Gasteiger partial charge in [0.05, 0.1) is 19.2 Å². The number of hydrogen-bond acceptors (Lipinski definition) is 4. The Morgan fingerprint density at radius 3 is 2.79 bits per heavy atom. The highest BCUT2D eigenvalue weighted by Gasteiger charge is 2.26. The van der Waals surface area contributed by atoms with Crippen molar-refractivity contribution in [1.29, 1.82) is 0 Å². The molecular weight excluding hydrogens is 304 g/mol. The number of aliphatic hydroxyl groups is 1. The summed E-state index contributed by atoms with van der Waals surface area (Å²) in [6.45, 7) is 8.16. The minimum absolute atomic E-state index is 0.0256. The minimum atomic E-state index is -0.315. The summed E-state index contributed by atoms with van der Waals surface area (Å²) in [5.74, 6) is 0.931. The summed E-state index contributed by atoms with van der Waals surface area (Å²) in [5.41, 5.74) is 2.22. The molecule has 1 aromatic rings. The number of para-hydroxylation sites is 1. The number of ether oxygens (including phenoxy) is 1. The number of carbonyl (C=O) groups is 1. The van der Waals surface area contributed by atoms with Crippen molar-refractivity contribution in [2.24, 2.45) is 0 Å². The zero-order valence-corrected chi connectivity index (χ0v) is 15.0. The average molecular weight is 334 g/mol. The van der Waals surface area contributed by atoms with E-state index in [2.05, 4.69) is 10.2 Å². The van der Waals surface area contributed by atoms with Crippen LogP contribution in [0.25, 0.3) is 0 Å². The molecule has 2 unspecified atom stereocenters. The standard InChI is InChI=1S/C19H30N2O3/c1-14-6-4-7-15(2)19(14)24-11-9-20-18(23)13-21-10-5-8-17(21)12-16(3)22/h4,6-7,16-17,22H,5,8-13H2,1-3H3,(H,20,23). The van der Waals surface area contributed by atoms with Crippen LogP contribution in [0.1, 0.15) is 37.3 Å². The average Bonchev–Trinajstić information content (AvgIpc) is 2.92. The van der Waals surface area contributed by atoms with Gasteiger partial charge in [-0.15, -0.1) is 0 Å². The zero-order chi connectivity index (χ0) is 17.5. The normalized spacial score (nSPS) is 19.2. The Hall–Kier alpha value is -1.59. The first-order valence-electron chi connectivity index (χ1n) is 8.85. The predicted molar refractivity (Wildman–Crippen MR) is 95.3 cm³/mol. The third kappa shape index (κ3) is 5.49. The van der Waals surface area contributed by atoms with Gasteiger partial charge in [0.2, 0.25) is 5.91 Å². The van der Waals surface area contributed by atoms with Crippen LogP contribution in [0.3, 0.4) is 0 Å². The second-order valence-corrected chi connectivity index (χ2v) is 6.77. The Kier molecular flexibility index (Phi) is 7.06. The molecule has 2 rings (SSSR count). The fourth-order valence-electron chi connectivity index (χ4n) is 3.37. The summed E-state index contributed by atoms with van der Waals surface area (Å²) in [4.78, 5) is 14.3. The molecule has 1 saturated heterocycles. The van der Waals surface area contributed by atoms with Crippen molar-refractivity contribution in [3.63, 3.8) is 0 Å². The molecule has 5 heteroatoms. The lowest BCUT2D eigenvalue weighted by Gasteiger charge is -2.24. The van der Waals surface area contributed by atoms with Gasteiger partial charge in [-0.3, -0.25) is 9.69 Å². The summed E-state index contributed by atoms with van der Waals surface area (Å²) in [6.07, 6.45) is 2.58. The first-order chi connectivity index (χ1) is 11.5. The van der Waals surface area contributed by atoms with Gasteiger partial charge in [0.1, 0.15) is 12.4 Å². The van der Waals surface area contributed by atoms with E-state index < -0.39 is 0 Å². The van der Waals surface area contributed by atoms with Crippen LogP contribution in [-0.2, 0) is 4.79 Å². The van der Waals surface area contributed by atoms with Gasteiger partial charge >= 0.3 is 0 Å². The largest absolute Gasteiger partial charge is 0.491 e. The molecule has 5 nitrogen and oxygen atoms in total. The van der Waals surface area contributed by atoms with E-state index in [1.807, 2.05) is 39.0 Å². The summed E-state index contributed by atoms with van der Waals surface area (Å²) >= 11 is 0. The van der Waals surface area contributed by atoms with Gasteiger partial charge in [-0.25, -0.2) is 0 Å². The van der Waals surface area contributed by atoms with Crippen LogP contribution in [0.5, 0.6) is 5.75 Å². The Labute approximate surface area is 145 Å². The Morgan fingerprint density at radius 1 is 1.42 bits per heavy atom. The molecule has 1 heterocycles. The summed E-state index contributed by atoms with van der Waals surface area (Å²) in [6, 6.07) is 6.38. The fourth-order valence-corrected chi connectivity index (χ4v) is 3.37. The monoisotopic (exact) mass is 334 g/mol. The molecule has 1 aromatic carbocycles. The topological polar surface area (TPSA) is 61.8 Å². The maximum atomic E-state index is 12.1. The molecule has 0 aliphatic carbocycles. The molecule has 0 saturated carbocycles. The van der Waals surface area contributed by atoms with E-state index in [0.29, 0.717) is 25.7 Å². The van der Waals surface area contributed by atoms with Crippen LogP contribution >= 0.6 is 0 Å². The zero-order valence-electron chi connectivity index (χ0n) is 15.0. The Balaban J connectivity index is 1.70. The van der Waals surface area contributed by atoms with Gasteiger partial charge in [0, 0.05) is 6.04 Å². The molecule has 134 valence electrons. The fraction of sp³-hybridized carbons (Fsp3) is 0.632. The molecule has 0 aromatic heterocycles. The van der Waals surface area contributed by atoms with Gasteiger partial charge < -0.3 is 15.2 Å². The molecule has 1 fully saturated rings. The van der Waals surface area contributed by atoms with Crippen LogP contribution in [0.15, 0.2) is 18.2 Å². The summed E-state index contributed by atoms with van der Waals surface area (Å²) in [7, 11) is 0. The molecule has 1 aliphatic heterocycles. The number of aliphatic hydroxyl groups excluding tert-OH is 1.